The van der Waals surface area contributed by atoms with Crippen molar-refractivity contribution in [3.05, 3.63) is 24.3 Å². The number of methoxy groups -OCH3 is 1. The minimum atomic E-state index is -0.651. The predicted molar refractivity (Wildman–Crippen MR) is 94.9 cm³/mol. The van der Waals surface area contributed by atoms with Crippen molar-refractivity contribution in [2.24, 2.45) is 11.7 Å². The first kappa shape index (κ1) is 17.9. The van der Waals surface area contributed by atoms with Gasteiger partial charge in [-0.15, -0.1) is 0 Å². The monoisotopic (exact) mass is 348 g/mol. The molecule has 0 bridgehead atoms. The molecule has 1 aliphatic carbocycles. The lowest BCUT2D eigenvalue weighted by Crippen LogP contribution is -2.54. The molecule has 3 rings (SSSR count). The van der Waals surface area contributed by atoms with Crippen molar-refractivity contribution in [2.75, 3.05) is 26.8 Å². The minimum absolute atomic E-state index is 0.0332. The summed E-state index contributed by atoms with van der Waals surface area (Å²) < 4.78 is 16.6. The highest BCUT2D eigenvalue weighted by Gasteiger charge is 2.40. The molecule has 1 heterocycles. The molecule has 1 aromatic carbocycles. The topological polar surface area (TPSA) is 74.0 Å². The highest BCUT2D eigenvalue weighted by molar-refractivity contribution is 5.64. The lowest BCUT2D eigenvalue weighted by Gasteiger charge is -2.47. The van der Waals surface area contributed by atoms with Gasteiger partial charge in [0.15, 0.2) is 11.5 Å². The molecule has 6 nitrogen and oxygen atoms in total. The van der Waals surface area contributed by atoms with Crippen LogP contribution in [-0.2, 0) is 4.74 Å². The fourth-order valence-corrected chi connectivity index (χ4v) is 4.28. The van der Waals surface area contributed by atoms with Gasteiger partial charge in [-0.05, 0) is 31.4 Å². The Morgan fingerprint density at radius 1 is 1.20 bits per heavy atom. The Labute approximate surface area is 149 Å². The van der Waals surface area contributed by atoms with Crippen LogP contribution in [0.3, 0.4) is 0 Å². The molecule has 1 saturated heterocycles. The summed E-state index contributed by atoms with van der Waals surface area (Å²) in [5.74, 6) is 1.92. The number of nitrogens with zero attached hydrogens (tertiary/aromatic N) is 1. The van der Waals surface area contributed by atoms with E-state index in [0.29, 0.717) is 18.6 Å². The molecule has 1 aromatic rings. The Kier molecular flexibility index (Phi) is 6.02. The maximum Gasteiger partial charge on any atom is 0.404 e. The molecule has 0 spiro atoms. The van der Waals surface area contributed by atoms with Crippen LogP contribution in [0.25, 0.3) is 0 Å². The first-order valence-electron chi connectivity index (χ1n) is 9.15. The van der Waals surface area contributed by atoms with Gasteiger partial charge >= 0.3 is 6.09 Å². The number of hydrogen-bond acceptors (Lipinski definition) is 5. The van der Waals surface area contributed by atoms with E-state index < -0.39 is 6.09 Å². The zero-order valence-electron chi connectivity index (χ0n) is 14.9. The van der Waals surface area contributed by atoms with Crippen LogP contribution < -0.4 is 15.2 Å². The van der Waals surface area contributed by atoms with Crippen molar-refractivity contribution in [2.45, 2.75) is 44.2 Å². The molecular weight excluding hydrogens is 320 g/mol. The van der Waals surface area contributed by atoms with Crippen LogP contribution in [0.15, 0.2) is 24.3 Å². The largest absolute Gasteiger partial charge is 0.493 e. The lowest BCUT2D eigenvalue weighted by molar-refractivity contribution is -0.0444. The van der Waals surface area contributed by atoms with Gasteiger partial charge < -0.3 is 19.9 Å². The van der Waals surface area contributed by atoms with Crippen molar-refractivity contribution in [3.8, 4) is 11.5 Å². The number of carbonyl (C=O) groups is 1. The Bertz CT molecular complexity index is 580. The Balaban J connectivity index is 1.56. The number of primary amides is 1. The summed E-state index contributed by atoms with van der Waals surface area (Å²) in [5.41, 5.74) is 5.25. The van der Waals surface area contributed by atoms with Crippen LogP contribution in [0.4, 0.5) is 4.79 Å². The number of likely N-dealkylation sites (tertiary alicyclic amines) is 1. The van der Waals surface area contributed by atoms with Gasteiger partial charge in [-0.25, -0.2) is 4.79 Å². The van der Waals surface area contributed by atoms with Gasteiger partial charge in [0.1, 0.15) is 12.7 Å². The molecule has 2 N–H and O–H groups in total. The van der Waals surface area contributed by atoms with Gasteiger partial charge in [-0.2, -0.15) is 0 Å². The standard InChI is InChI=1S/C19H28N2O4/c1-23-17-8-4-5-9-18(17)24-13-12-21-11-10-16(25-19(20)22)14-6-2-3-7-15(14)21/h4-5,8-9,14-16H,2-3,6-7,10-13H2,1H3,(H2,20,22). The molecule has 138 valence electrons. The number of hydrogen-bond donors (Lipinski definition) is 1. The SMILES string of the molecule is COc1ccccc1OCCN1CCC(OC(N)=O)C2CCCCC21. The van der Waals surface area contributed by atoms with Crippen LogP contribution in [-0.4, -0.2) is 49.9 Å². The molecule has 1 saturated carbocycles. The Morgan fingerprint density at radius 2 is 1.96 bits per heavy atom. The molecule has 6 heteroatoms. The third-order valence-electron chi connectivity index (χ3n) is 5.40. The van der Waals surface area contributed by atoms with E-state index in [1.165, 1.54) is 12.8 Å². The number of amides is 1. The fraction of sp³-hybridized carbons (Fsp3) is 0.632. The number of carbonyl (C=O) groups excluding carboxylic acids is 1. The van der Waals surface area contributed by atoms with E-state index in [0.717, 1.165) is 43.9 Å². The van der Waals surface area contributed by atoms with Crippen LogP contribution in [0.5, 0.6) is 11.5 Å². The summed E-state index contributed by atoms with van der Waals surface area (Å²) in [7, 11) is 1.65. The Morgan fingerprint density at radius 3 is 2.72 bits per heavy atom. The zero-order chi connectivity index (χ0) is 17.6. The molecule has 0 radical (unpaired) electrons. The van der Waals surface area contributed by atoms with E-state index in [1.54, 1.807) is 7.11 Å². The average molecular weight is 348 g/mol. The summed E-state index contributed by atoms with van der Waals surface area (Å²) in [6.07, 6.45) is 4.85. The number of para-hydroxylation sites is 2. The molecule has 0 aromatic heterocycles. The second-order valence-electron chi connectivity index (χ2n) is 6.81. The van der Waals surface area contributed by atoms with E-state index in [1.807, 2.05) is 24.3 Å². The van der Waals surface area contributed by atoms with Crippen LogP contribution >= 0.6 is 0 Å². The van der Waals surface area contributed by atoms with Crippen molar-refractivity contribution in [1.82, 2.24) is 4.90 Å². The molecular formula is C19H28N2O4. The van der Waals surface area contributed by atoms with Crippen molar-refractivity contribution >= 4 is 6.09 Å². The molecule has 25 heavy (non-hydrogen) atoms. The van der Waals surface area contributed by atoms with Gasteiger partial charge in [0, 0.05) is 25.0 Å². The fourth-order valence-electron chi connectivity index (χ4n) is 4.28. The quantitative estimate of drug-likeness (QED) is 0.856. The summed E-state index contributed by atoms with van der Waals surface area (Å²) >= 11 is 0. The number of fused-ring (bicyclic) bond motifs is 1. The van der Waals surface area contributed by atoms with Gasteiger partial charge in [-0.1, -0.05) is 25.0 Å². The normalized spacial score (nSPS) is 26.5. The smallest absolute Gasteiger partial charge is 0.404 e. The number of piperidine rings is 1. The number of ether oxygens (including phenoxy) is 3. The van der Waals surface area contributed by atoms with Gasteiger partial charge in [-0.3, -0.25) is 4.90 Å². The average Bonchev–Trinajstić information content (AvgIpc) is 2.63. The summed E-state index contributed by atoms with van der Waals surface area (Å²) in [6, 6.07) is 8.16. The van der Waals surface area contributed by atoms with Crippen LogP contribution in [0.2, 0.25) is 0 Å². The highest BCUT2D eigenvalue weighted by Crippen LogP contribution is 2.37. The molecule has 3 atom stereocenters. The number of rotatable bonds is 6. The van der Waals surface area contributed by atoms with Crippen molar-refractivity contribution in [3.63, 3.8) is 0 Å². The lowest BCUT2D eigenvalue weighted by atomic mass is 9.76. The van der Waals surface area contributed by atoms with Crippen LogP contribution in [0, 0.1) is 5.92 Å². The van der Waals surface area contributed by atoms with E-state index in [4.69, 9.17) is 19.9 Å². The summed E-state index contributed by atoms with van der Waals surface area (Å²) in [5, 5.41) is 0. The zero-order valence-corrected chi connectivity index (χ0v) is 14.9. The number of benzene rings is 1. The van der Waals surface area contributed by atoms with Crippen molar-refractivity contribution < 1.29 is 19.0 Å². The molecule has 1 amide bonds. The molecule has 3 unspecified atom stereocenters. The first-order chi connectivity index (χ1) is 12.2. The van der Waals surface area contributed by atoms with Gasteiger partial charge in [0.25, 0.3) is 0 Å². The minimum Gasteiger partial charge on any atom is -0.493 e. The number of nitrogens with two attached hydrogens (primary N) is 1. The van der Waals surface area contributed by atoms with E-state index in [2.05, 4.69) is 4.90 Å². The third-order valence-corrected chi connectivity index (χ3v) is 5.40. The third kappa shape index (κ3) is 4.37. The van der Waals surface area contributed by atoms with Gasteiger partial charge in [0.2, 0.25) is 0 Å². The second kappa shape index (κ2) is 8.43. The summed E-state index contributed by atoms with van der Waals surface area (Å²) in [4.78, 5) is 13.7. The molecule has 2 aliphatic rings. The molecule has 2 fully saturated rings. The van der Waals surface area contributed by atoms with E-state index in [9.17, 15) is 4.79 Å². The van der Waals surface area contributed by atoms with Crippen LogP contribution in [0.1, 0.15) is 32.1 Å². The molecule has 1 aliphatic heterocycles. The van der Waals surface area contributed by atoms with E-state index >= 15 is 0 Å². The van der Waals surface area contributed by atoms with Gasteiger partial charge in [0.05, 0.1) is 7.11 Å². The maximum absolute atomic E-state index is 11.2. The summed E-state index contributed by atoms with van der Waals surface area (Å²) in [6.45, 7) is 2.39. The van der Waals surface area contributed by atoms with Crippen molar-refractivity contribution in [1.29, 1.82) is 0 Å². The second-order valence-corrected chi connectivity index (χ2v) is 6.81. The first-order valence-corrected chi connectivity index (χ1v) is 9.15. The maximum atomic E-state index is 11.2. The highest BCUT2D eigenvalue weighted by atomic mass is 16.6. The Hall–Kier alpha value is -1.95. The van der Waals surface area contributed by atoms with E-state index in [-0.39, 0.29) is 6.10 Å². The predicted octanol–water partition coefficient (Wildman–Crippen LogP) is 2.80.